The second-order valence-corrected chi connectivity index (χ2v) is 10.8. The number of esters is 3. The van der Waals surface area contributed by atoms with Crippen LogP contribution in [-0.2, 0) is 50.0 Å². The molecule has 16 heteroatoms. The monoisotopic (exact) mass is 623 g/mol. The summed E-state index contributed by atoms with van der Waals surface area (Å²) in [6, 6.07) is 2.73. The van der Waals surface area contributed by atoms with E-state index in [0.29, 0.717) is 12.0 Å². The molecule has 0 spiro atoms. The first-order chi connectivity index (χ1) is 20.6. The zero-order valence-electron chi connectivity index (χ0n) is 23.9. The van der Waals surface area contributed by atoms with Gasteiger partial charge in [0.2, 0.25) is 6.10 Å². The predicted molar refractivity (Wildman–Crippen MR) is 142 cm³/mol. The zero-order chi connectivity index (χ0) is 32.7. The Balaban J connectivity index is 1.49. The fourth-order valence-electron chi connectivity index (χ4n) is 6.28. The predicted octanol–water partition coefficient (Wildman–Crippen LogP) is -1.37. The highest BCUT2D eigenvalue weighted by Gasteiger charge is 2.69. The van der Waals surface area contributed by atoms with Crippen LogP contribution in [0, 0.1) is 0 Å². The first kappa shape index (κ1) is 32.7. The molecule has 1 aromatic carbocycles. The number of carbonyl (C=O) groups excluding carboxylic acids is 3. The third-order valence-corrected chi connectivity index (χ3v) is 8.42. The van der Waals surface area contributed by atoms with Crippen molar-refractivity contribution in [2.75, 3.05) is 7.05 Å². The van der Waals surface area contributed by atoms with Crippen molar-refractivity contribution in [3.05, 3.63) is 35.1 Å². The van der Waals surface area contributed by atoms with Gasteiger partial charge in [0.25, 0.3) is 0 Å². The Morgan fingerprint density at radius 3 is 2.32 bits per heavy atom. The van der Waals surface area contributed by atoms with Crippen molar-refractivity contribution in [3.63, 3.8) is 0 Å². The van der Waals surface area contributed by atoms with Crippen LogP contribution in [0.5, 0.6) is 11.5 Å². The summed E-state index contributed by atoms with van der Waals surface area (Å²) < 4.78 is 20.7. The third kappa shape index (κ3) is 5.23. The van der Waals surface area contributed by atoms with Crippen LogP contribution in [0.3, 0.4) is 0 Å². The summed E-state index contributed by atoms with van der Waals surface area (Å²) in [5.74, 6) is -8.22. The Hall–Kier alpha value is -4.25. The number of carboxylic acid groups (broad SMARTS) is 2. The zero-order valence-corrected chi connectivity index (χ0v) is 23.9. The van der Waals surface area contributed by atoms with Crippen LogP contribution in [0.15, 0.2) is 24.0 Å². The summed E-state index contributed by atoms with van der Waals surface area (Å²) in [5, 5.41) is 64.2. The number of benzene rings is 1. The number of hydrogen-bond donors (Lipinski definition) is 7. The maximum Gasteiger partial charge on any atom is 0.348 e. The highest BCUT2D eigenvalue weighted by molar-refractivity contribution is 5.88. The van der Waals surface area contributed by atoms with Crippen LogP contribution in [0.4, 0.5) is 0 Å². The molecule has 16 nitrogen and oxygen atoms in total. The van der Waals surface area contributed by atoms with E-state index in [4.69, 9.17) is 19.7 Å². The van der Waals surface area contributed by atoms with E-state index in [1.54, 1.807) is 20.0 Å². The lowest BCUT2D eigenvalue weighted by atomic mass is 9.52. The van der Waals surface area contributed by atoms with Crippen LogP contribution in [0.1, 0.15) is 44.2 Å². The standard InChI is InChI=1S/C28H33NO15/c1-4-27-18-12-5-6-13(30)21(18)44-22(27)14(7-8-28(27,40)16(9-12)29-3)42-26(39)20(34)19(33)25(38)41-11(2)24(37)43-15(23(35)36)10-17(31)32/h5-7,11,15-16,19-20,22,29-30,33-34,40H,4,8-10H2,1-3H3,(H,31,32)(H,35,36)/t11-,15-,16+,19+,20+,22-,27-,28+/m0/s1. The van der Waals surface area contributed by atoms with Gasteiger partial charge < -0.3 is 54.9 Å². The van der Waals surface area contributed by atoms with Crippen molar-refractivity contribution >= 4 is 29.8 Å². The van der Waals surface area contributed by atoms with Gasteiger partial charge in [-0.25, -0.2) is 19.2 Å². The highest BCUT2D eigenvalue weighted by Crippen LogP contribution is 2.63. The molecule has 1 aromatic rings. The van der Waals surface area contributed by atoms with E-state index >= 15 is 0 Å². The molecule has 0 aromatic heterocycles. The minimum Gasteiger partial charge on any atom is -0.504 e. The molecule has 8 atom stereocenters. The van der Waals surface area contributed by atoms with Gasteiger partial charge in [0.1, 0.15) is 5.76 Å². The van der Waals surface area contributed by atoms with Crippen molar-refractivity contribution in [2.24, 2.45) is 0 Å². The molecule has 4 rings (SSSR count). The summed E-state index contributed by atoms with van der Waals surface area (Å²) in [6.07, 6.45) is -9.21. The lowest BCUT2D eigenvalue weighted by Gasteiger charge is -2.56. The van der Waals surface area contributed by atoms with Gasteiger partial charge in [0.15, 0.2) is 35.9 Å². The van der Waals surface area contributed by atoms with E-state index < -0.39 is 83.8 Å². The number of rotatable bonds is 12. The van der Waals surface area contributed by atoms with E-state index in [0.717, 1.165) is 12.5 Å². The fraction of sp³-hybridized carbons (Fsp3) is 0.536. The van der Waals surface area contributed by atoms with E-state index in [-0.39, 0.29) is 30.1 Å². The smallest absolute Gasteiger partial charge is 0.348 e. The molecule has 2 aliphatic carbocycles. The van der Waals surface area contributed by atoms with Gasteiger partial charge in [0.05, 0.1) is 17.4 Å². The van der Waals surface area contributed by atoms with Gasteiger partial charge in [0, 0.05) is 18.0 Å². The molecule has 0 saturated carbocycles. The van der Waals surface area contributed by atoms with Crippen molar-refractivity contribution in [1.82, 2.24) is 5.32 Å². The van der Waals surface area contributed by atoms with Gasteiger partial charge in [-0.15, -0.1) is 0 Å². The van der Waals surface area contributed by atoms with Gasteiger partial charge in [-0.2, -0.15) is 0 Å². The minimum atomic E-state index is -2.58. The number of carboxylic acids is 2. The average molecular weight is 624 g/mol. The van der Waals surface area contributed by atoms with Crippen molar-refractivity contribution in [1.29, 1.82) is 0 Å². The Morgan fingerprint density at radius 1 is 1.07 bits per heavy atom. The number of phenols is 1. The lowest BCUT2D eigenvalue weighted by Crippen LogP contribution is -2.70. The lowest BCUT2D eigenvalue weighted by molar-refractivity contribution is -0.185. The number of ether oxygens (including phenoxy) is 4. The second-order valence-electron chi connectivity index (χ2n) is 10.8. The van der Waals surface area contributed by atoms with Crippen LogP contribution in [-0.4, -0.2) is 110 Å². The summed E-state index contributed by atoms with van der Waals surface area (Å²) in [5.41, 5.74) is -1.26. The molecule has 240 valence electrons. The van der Waals surface area contributed by atoms with Crippen LogP contribution >= 0.6 is 0 Å². The average Bonchev–Trinajstić information content (AvgIpc) is 3.35. The largest absolute Gasteiger partial charge is 0.504 e. The molecule has 1 heterocycles. The SMILES string of the molecule is CC[C@]12c3c4ccc(O)c3O[C@H]1C(OC(=O)[C@H](O)[C@@H](O)C(=O)O[C@@H](C)C(=O)O[C@@H](CC(=O)O)C(=O)O)=CC[C@@]2(O)[C@H](NC)C4. The summed E-state index contributed by atoms with van der Waals surface area (Å²) in [6.45, 7) is 2.73. The van der Waals surface area contributed by atoms with Crippen molar-refractivity contribution in [3.8, 4) is 11.5 Å². The number of aliphatic hydroxyl groups is 3. The molecule has 0 radical (unpaired) electrons. The maximum absolute atomic E-state index is 12.9. The first-order valence-corrected chi connectivity index (χ1v) is 13.7. The molecule has 3 aliphatic rings. The topological polar surface area (TPSA) is 256 Å². The fourth-order valence-corrected chi connectivity index (χ4v) is 6.28. The van der Waals surface area contributed by atoms with E-state index in [1.807, 2.05) is 0 Å². The van der Waals surface area contributed by atoms with Crippen LogP contribution < -0.4 is 10.1 Å². The number of nitrogens with one attached hydrogen (secondary N) is 1. The quantitative estimate of drug-likeness (QED) is 0.105. The first-order valence-electron chi connectivity index (χ1n) is 13.7. The molecule has 0 bridgehead atoms. The Bertz CT molecular complexity index is 1410. The van der Waals surface area contributed by atoms with Crippen LogP contribution in [0.25, 0.3) is 0 Å². The van der Waals surface area contributed by atoms with E-state index in [9.17, 15) is 44.4 Å². The van der Waals surface area contributed by atoms with Gasteiger partial charge in [-0.1, -0.05) is 13.0 Å². The third-order valence-electron chi connectivity index (χ3n) is 8.42. The maximum atomic E-state index is 12.9. The molecule has 0 fully saturated rings. The van der Waals surface area contributed by atoms with Gasteiger partial charge in [-0.05, 0) is 44.5 Å². The van der Waals surface area contributed by atoms with Gasteiger partial charge >= 0.3 is 29.8 Å². The molecular weight excluding hydrogens is 590 g/mol. The van der Waals surface area contributed by atoms with E-state index in [1.165, 1.54) is 12.1 Å². The van der Waals surface area contributed by atoms with Gasteiger partial charge in [-0.3, -0.25) is 4.79 Å². The Morgan fingerprint density at radius 2 is 1.73 bits per heavy atom. The van der Waals surface area contributed by atoms with E-state index in [2.05, 4.69) is 14.8 Å². The molecule has 0 amide bonds. The molecule has 44 heavy (non-hydrogen) atoms. The number of aliphatic hydroxyl groups excluding tert-OH is 2. The normalized spacial score (nSPS) is 27.4. The summed E-state index contributed by atoms with van der Waals surface area (Å²) in [7, 11) is 1.69. The van der Waals surface area contributed by atoms with Crippen molar-refractivity contribution < 1.29 is 73.6 Å². The minimum absolute atomic E-state index is 0.0249. The summed E-state index contributed by atoms with van der Waals surface area (Å²) >= 11 is 0. The van der Waals surface area contributed by atoms with Crippen LogP contribution in [0.2, 0.25) is 0 Å². The molecule has 1 aliphatic heterocycles. The second kappa shape index (κ2) is 12.0. The number of phenolic OH excluding ortho intramolecular Hbond substituents is 1. The number of hydrogen-bond acceptors (Lipinski definition) is 14. The molecular formula is C28H33NO15. The number of aromatic hydroxyl groups is 1. The Kier molecular flexibility index (Phi) is 8.93. The number of likely N-dealkylation sites (N-methyl/N-ethyl adjacent to an activating group) is 1. The molecule has 7 N–H and O–H groups in total. The number of carbonyl (C=O) groups is 5. The highest BCUT2D eigenvalue weighted by atomic mass is 16.6. The molecule has 0 unspecified atom stereocenters. The van der Waals surface area contributed by atoms with Crippen molar-refractivity contribution in [2.45, 2.75) is 87.1 Å². The summed E-state index contributed by atoms with van der Waals surface area (Å²) in [4.78, 5) is 59.3. The molecule has 0 saturated heterocycles. The number of aliphatic carboxylic acids is 2. The Labute approximate surface area is 249 Å².